The van der Waals surface area contributed by atoms with Gasteiger partial charge in [-0.15, -0.1) is 11.6 Å². The maximum absolute atomic E-state index is 11.9. The summed E-state index contributed by atoms with van der Waals surface area (Å²) in [4.78, 5) is 0. The molecule has 0 radical (unpaired) electrons. The fourth-order valence-corrected chi connectivity index (χ4v) is 3.84. The van der Waals surface area contributed by atoms with Crippen molar-refractivity contribution in [3.63, 3.8) is 0 Å². The summed E-state index contributed by atoms with van der Waals surface area (Å²) < 4.78 is 30.5. The van der Waals surface area contributed by atoms with E-state index < -0.39 is 10.0 Å². The molecule has 0 saturated carbocycles. The zero-order valence-corrected chi connectivity index (χ0v) is 11.7. The van der Waals surface area contributed by atoms with E-state index in [1.54, 1.807) is 7.11 Å². The summed E-state index contributed by atoms with van der Waals surface area (Å²) >= 11 is 5.53. The molecular formula is C12H16ClNO3S. The third-order valence-corrected chi connectivity index (χ3v) is 5.43. The first kappa shape index (κ1) is 13.6. The number of benzene rings is 1. The molecule has 100 valence electrons. The number of ether oxygens (including phenoxy) is 1. The highest BCUT2D eigenvalue weighted by Gasteiger charge is 2.34. The molecule has 1 saturated heterocycles. The van der Waals surface area contributed by atoms with Crippen molar-refractivity contribution in [1.82, 2.24) is 4.31 Å². The summed E-state index contributed by atoms with van der Waals surface area (Å²) in [6, 6.07) is 7.41. The molecular weight excluding hydrogens is 274 g/mol. The molecule has 1 fully saturated rings. The number of nitrogens with zero attached hydrogens (tertiary/aromatic N) is 1. The van der Waals surface area contributed by atoms with E-state index in [1.807, 2.05) is 24.3 Å². The lowest BCUT2D eigenvalue weighted by Gasteiger charge is -2.23. The lowest BCUT2D eigenvalue weighted by Crippen LogP contribution is -2.31. The fourth-order valence-electron chi connectivity index (χ4n) is 2.32. The Morgan fingerprint density at radius 3 is 2.94 bits per heavy atom. The molecule has 1 aromatic carbocycles. The normalized spacial score (nSPS) is 21.1. The van der Waals surface area contributed by atoms with Gasteiger partial charge >= 0.3 is 0 Å². The van der Waals surface area contributed by atoms with E-state index in [2.05, 4.69) is 0 Å². The fraction of sp³-hybridized carbons (Fsp3) is 0.500. The van der Waals surface area contributed by atoms with Gasteiger partial charge in [-0.2, -0.15) is 4.31 Å². The van der Waals surface area contributed by atoms with Crippen LogP contribution < -0.4 is 4.74 Å². The minimum atomic E-state index is -3.36. The summed E-state index contributed by atoms with van der Waals surface area (Å²) in [6.07, 6.45) is 1.68. The second kappa shape index (κ2) is 5.47. The Labute approximate surface area is 113 Å². The number of methoxy groups -OCH3 is 1. The highest BCUT2D eigenvalue weighted by atomic mass is 35.5. The summed E-state index contributed by atoms with van der Waals surface area (Å²) in [5, 5.41) is -0.368. The minimum Gasteiger partial charge on any atom is -0.497 e. The van der Waals surface area contributed by atoms with Gasteiger partial charge in [-0.25, -0.2) is 8.42 Å². The van der Waals surface area contributed by atoms with Crippen molar-refractivity contribution in [2.24, 2.45) is 0 Å². The highest BCUT2D eigenvalue weighted by Crippen LogP contribution is 2.35. The van der Waals surface area contributed by atoms with Gasteiger partial charge in [0.15, 0.2) is 0 Å². The molecule has 0 spiro atoms. The second-order valence-electron chi connectivity index (χ2n) is 4.27. The number of hydrogen-bond donors (Lipinski definition) is 0. The standard InChI is InChI=1S/C12H16ClNO3S/c1-17-11-5-2-4-10(8-11)12-6-3-7-14(12)18(15,16)9-13/h2,4-5,8,12H,3,6-7,9H2,1H3. The van der Waals surface area contributed by atoms with Crippen molar-refractivity contribution in [1.29, 1.82) is 0 Å². The Morgan fingerprint density at radius 1 is 1.50 bits per heavy atom. The van der Waals surface area contributed by atoms with Crippen LogP contribution in [0.25, 0.3) is 0 Å². The maximum atomic E-state index is 11.9. The van der Waals surface area contributed by atoms with Crippen molar-refractivity contribution >= 4 is 21.6 Å². The largest absolute Gasteiger partial charge is 0.497 e. The smallest absolute Gasteiger partial charge is 0.228 e. The molecule has 2 rings (SSSR count). The first-order valence-corrected chi connectivity index (χ1v) is 7.92. The predicted molar refractivity (Wildman–Crippen MR) is 71.3 cm³/mol. The van der Waals surface area contributed by atoms with Crippen molar-refractivity contribution in [2.75, 3.05) is 18.9 Å². The van der Waals surface area contributed by atoms with Gasteiger partial charge in [0.25, 0.3) is 0 Å². The molecule has 0 N–H and O–H groups in total. The van der Waals surface area contributed by atoms with Gasteiger partial charge in [-0.1, -0.05) is 12.1 Å². The van der Waals surface area contributed by atoms with Gasteiger partial charge in [0.1, 0.15) is 11.0 Å². The molecule has 6 heteroatoms. The minimum absolute atomic E-state index is 0.121. The third kappa shape index (κ3) is 2.63. The number of alkyl halides is 1. The van der Waals surface area contributed by atoms with Crippen LogP contribution in [0.1, 0.15) is 24.4 Å². The van der Waals surface area contributed by atoms with Crippen LogP contribution in [0.5, 0.6) is 5.75 Å². The van der Waals surface area contributed by atoms with E-state index in [-0.39, 0.29) is 11.3 Å². The van der Waals surface area contributed by atoms with E-state index in [1.165, 1.54) is 4.31 Å². The van der Waals surface area contributed by atoms with Gasteiger partial charge in [0, 0.05) is 12.6 Å². The molecule has 0 amide bonds. The first-order valence-electron chi connectivity index (χ1n) is 5.78. The monoisotopic (exact) mass is 289 g/mol. The quantitative estimate of drug-likeness (QED) is 0.800. The Kier molecular flexibility index (Phi) is 4.14. The average molecular weight is 290 g/mol. The van der Waals surface area contributed by atoms with Crippen LogP contribution in [0.2, 0.25) is 0 Å². The molecule has 1 aliphatic rings. The van der Waals surface area contributed by atoms with Crippen molar-refractivity contribution in [2.45, 2.75) is 18.9 Å². The van der Waals surface area contributed by atoms with E-state index in [4.69, 9.17) is 16.3 Å². The third-order valence-electron chi connectivity index (χ3n) is 3.18. The number of hydrogen-bond acceptors (Lipinski definition) is 3. The topological polar surface area (TPSA) is 46.6 Å². The summed E-state index contributed by atoms with van der Waals surface area (Å²) in [5.74, 6) is 0.739. The van der Waals surface area contributed by atoms with Crippen LogP contribution in [0.4, 0.5) is 0 Å². The van der Waals surface area contributed by atoms with Crippen LogP contribution in [0.3, 0.4) is 0 Å². The molecule has 1 unspecified atom stereocenters. The number of rotatable bonds is 4. The lowest BCUT2D eigenvalue weighted by molar-refractivity contribution is 0.392. The van der Waals surface area contributed by atoms with Crippen LogP contribution >= 0.6 is 11.6 Å². The van der Waals surface area contributed by atoms with Crippen LogP contribution in [0, 0.1) is 0 Å². The van der Waals surface area contributed by atoms with Gasteiger partial charge < -0.3 is 4.74 Å². The maximum Gasteiger partial charge on any atom is 0.228 e. The molecule has 0 aromatic heterocycles. The molecule has 1 heterocycles. The average Bonchev–Trinajstić information content (AvgIpc) is 2.89. The number of sulfonamides is 1. The number of halogens is 1. The second-order valence-corrected chi connectivity index (χ2v) is 6.77. The molecule has 1 atom stereocenters. The van der Waals surface area contributed by atoms with Crippen molar-refractivity contribution in [3.05, 3.63) is 29.8 Å². The Hall–Kier alpha value is -0.780. The van der Waals surface area contributed by atoms with Crippen molar-refractivity contribution in [3.8, 4) is 5.75 Å². The highest BCUT2D eigenvalue weighted by molar-refractivity contribution is 7.90. The molecule has 18 heavy (non-hydrogen) atoms. The van der Waals surface area contributed by atoms with Gasteiger partial charge in [0.2, 0.25) is 10.0 Å². The molecule has 0 bridgehead atoms. The predicted octanol–water partition coefficient (Wildman–Crippen LogP) is 2.36. The van der Waals surface area contributed by atoms with Gasteiger partial charge in [-0.3, -0.25) is 0 Å². The van der Waals surface area contributed by atoms with E-state index in [0.29, 0.717) is 6.54 Å². The van der Waals surface area contributed by atoms with E-state index in [0.717, 1.165) is 24.2 Å². The molecule has 1 aromatic rings. The summed E-state index contributed by atoms with van der Waals surface area (Å²) in [5.41, 5.74) is 0.959. The van der Waals surface area contributed by atoms with E-state index >= 15 is 0 Å². The van der Waals surface area contributed by atoms with E-state index in [9.17, 15) is 8.42 Å². The Balaban J connectivity index is 2.31. The zero-order valence-electron chi connectivity index (χ0n) is 10.2. The van der Waals surface area contributed by atoms with Gasteiger partial charge in [0.05, 0.1) is 7.11 Å². The van der Waals surface area contributed by atoms with Gasteiger partial charge in [-0.05, 0) is 30.5 Å². The van der Waals surface area contributed by atoms with Crippen LogP contribution in [-0.2, 0) is 10.0 Å². The summed E-state index contributed by atoms with van der Waals surface area (Å²) in [7, 11) is -1.76. The lowest BCUT2D eigenvalue weighted by atomic mass is 10.1. The zero-order chi connectivity index (χ0) is 13.2. The SMILES string of the molecule is COc1cccc(C2CCCN2S(=O)(=O)CCl)c1. The molecule has 1 aliphatic heterocycles. The van der Waals surface area contributed by atoms with Crippen molar-refractivity contribution < 1.29 is 13.2 Å². The van der Waals surface area contributed by atoms with Crippen LogP contribution in [-0.4, -0.2) is 31.6 Å². The first-order chi connectivity index (χ1) is 8.58. The Bertz CT molecular complexity index is 518. The molecule has 0 aliphatic carbocycles. The van der Waals surface area contributed by atoms with Crippen LogP contribution in [0.15, 0.2) is 24.3 Å². The Morgan fingerprint density at radius 2 is 2.28 bits per heavy atom. The molecule has 4 nitrogen and oxygen atoms in total. The summed E-state index contributed by atoms with van der Waals surface area (Å²) in [6.45, 7) is 0.539.